The van der Waals surface area contributed by atoms with Gasteiger partial charge in [-0.1, -0.05) is 0 Å². The van der Waals surface area contributed by atoms with Crippen molar-refractivity contribution in [3.05, 3.63) is 46.4 Å². The zero-order valence-corrected chi connectivity index (χ0v) is 9.22. The van der Waals surface area contributed by atoms with Crippen LogP contribution in [0.25, 0.3) is 16.7 Å². The molecular weight excluding hydrogens is 242 g/mol. The maximum Gasteiger partial charge on any atom is 0.248 e. The van der Waals surface area contributed by atoms with Crippen LogP contribution < -0.4 is 5.56 Å². The highest BCUT2D eigenvalue weighted by molar-refractivity contribution is 6.28. The number of H-pyrrole nitrogens is 1. The van der Waals surface area contributed by atoms with E-state index in [2.05, 4.69) is 20.1 Å². The minimum atomic E-state index is -0.167. The van der Waals surface area contributed by atoms with Crippen LogP contribution in [0.4, 0.5) is 0 Å². The van der Waals surface area contributed by atoms with Crippen LogP contribution in [0.3, 0.4) is 0 Å². The van der Waals surface area contributed by atoms with Crippen molar-refractivity contribution in [3.8, 4) is 5.82 Å². The van der Waals surface area contributed by atoms with Gasteiger partial charge in [0.15, 0.2) is 5.82 Å². The first-order chi connectivity index (χ1) is 8.25. The Morgan fingerprint density at radius 2 is 2.12 bits per heavy atom. The summed E-state index contributed by atoms with van der Waals surface area (Å²) in [7, 11) is 0. The number of aromatic nitrogens is 5. The van der Waals surface area contributed by atoms with Crippen molar-refractivity contribution >= 4 is 22.5 Å². The van der Waals surface area contributed by atoms with Crippen LogP contribution in [-0.2, 0) is 0 Å². The first kappa shape index (κ1) is 9.98. The van der Waals surface area contributed by atoms with E-state index in [4.69, 9.17) is 11.6 Å². The van der Waals surface area contributed by atoms with Gasteiger partial charge in [-0.15, -0.1) is 0 Å². The molecule has 0 fully saturated rings. The average Bonchev–Trinajstić information content (AvgIpc) is 2.74. The van der Waals surface area contributed by atoms with Crippen molar-refractivity contribution in [2.75, 3.05) is 0 Å². The van der Waals surface area contributed by atoms with Gasteiger partial charge in [-0.2, -0.15) is 9.78 Å². The van der Waals surface area contributed by atoms with Gasteiger partial charge < -0.3 is 4.98 Å². The second-order valence-corrected chi connectivity index (χ2v) is 3.70. The van der Waals surface area contributed by atoms with Crippen LogP contribution in [-0.4, -0.2) is 24.7 Å². The lowest BCUT2D eigenvalue weighted by Gasteiger charge is -2.04. The summed E-state index contributed by atoms with van der Waals surface area (Å²) in [6.07, 6.45) is 2.92. The van der Waals surface area contributed by atoms with E-state index in [-0.39, 0.29) is 10.8 Å². The predicted molar refractivity (Wildman–Crippen MR) is 62.3 cm³/mol. The summed E-state index contributed by atoms with van der Waals surface area (Å²) in [4.78, 5) is 21.9. The van der Waals surface area contributed by atoms with E-state index < -0.39 is 0 Å². The van der Waals surface area contributed by atoms with E-state index in [1.54, 1.807) is 18.3 Å². The van der Waals surface area contributed by atoms with E-state index >= 15 is 0 Å². The number of halogens is 1. The molecule has 0 aliphatic heterocycles. The molecule has 6 nitrogen and oxygen atoms in total. The number of pyridine rings is 2. The minimum absolute atomic E-state index is 0.167. The maximum atomic E-state index is 11.2. The van der Waals surface area contributed by atoms with E-state index in [0.29, 0.717) is 11.3 Å². The van der Waals surface area contributed by atoms with E-state index in [1.165, 1.54) is 17.1 Å². The average molecular weight is 248 g/mol. The van der Waals surface area contributed by atoms with Crippen LogP contribution in [0.15, 0.2) is 35.5 Å². The Morgan fingerprint density at radius 1 is 1.24 bits per heavy atom. The summed E-state index contributed by atoms with van der Waals surface area (Å²) in [6.45, 7) is 0. The molecule has 3 rings (SSSR count). The molecule has 17 heavy (non-hydrogen) atoms. The summed E-state index contributed by atoms with van der Waals surface area (Å²) in [6, 6.07) is 4.82. The molecule has 84 valence electrons. The fourth-order valence-electron chi connectivity index (χ4n) is 1.61. The highest BCUT2D eigenvalue weighted by Crippen LogP contribution is 2.18. The zero-order valence-electron chi connectivity index (χ0n) is 8.46. The SMILES string of the molecule is O=c1ccc2c(-n3ncnc3Cl)nccc2[nH]1. The van der Waals surface area contributed by atoms with Crippen LogP contribution in [0.2, 0.25) is 5.28 Å². The highest BCUT2D eigenvalue weighted by atomic mass is 35.5. The minimum Gasteiger partial charge on any atom is -0.322 e. The van der Waals surface area contributed by atoms with Gasteiger partial charge in [0.2, 0.25) is 10.8 Å². The monoisotopic (exact) mass is 247 g/mol. The van der Waals surface area contributed by atoms with Gasteiger partial charge in [-0.3, -0.25) is 4.79 Å². The standard InChI is InChI=1S/C10H6ClN5O/c11-10-13-5-14-16(10)9-6-1-2-8(17)15-7(6)3-4-12-9/h1-5H,(H,15,17). The normalized spacial score (nSPS) is 10.9. The van der Waals surface area contributed by atoms with E-state index in [9.17, 15) is 4.79 Å². The molecule has 0 radical (unpaired) electrons. The highest BCUT2D eigenvalue weighted by Gasteiger charge is 2.09. The van der Waals surface area contributed by atoms with Gasteiger partial charge in [0.25, 0.3) is 0 Å². The van der Waals surface area contributed by atoms with Crippen LogP contribution in [0, 0.1) is 0 Å². The molecule has 0 aromatic carbocycles. The number of nitrogens with one attached hydrogen (secondary N) is 1. The summed E-state index contributed by atoms with van der Waals surface area (Å²) in [5.74, 6) is 0.529. The summed E-state index contributed by atoms with van der Waals surface area (Å²) in [5.41, 5.74) is 0.508. The van der Waals surface area contributed by atoms with Gasteiger partial charge in [0.1, 0.15) is 6.33 Å². The van der Waals surface area contributed by atoms with Gasteiger partial charge in [-0.25, -0.2) is 9.97 Å². The number of rotatable bonds is 1. The molecule has 1 N–H and O–H groups in total. The number of fused-ring (bicyclic) bond motifs is 1. The molecule has 0 saturated carbocycles. The third kappa shape index (κ3) is 1.58. The molecule has 0 unspecified atom stereocenters. The maximum absolute atomic E-state index is 11.2. The van der Waals surface area contributed by atoms with Crippen molar-refractivity contribution in [3.63, 3.8) is 0 Å². The quantitative estimate of drug-likeness (QED) is 0.700. The topological polar surface area (TPSA) is 76.5 Å². The number of hydrogen-bond acceptors (Lipinski definition) is 4. The first-order valence-electron chi connectivity index (χ1n) is 4.79. The fraction of sp³-hybridized carbons (Fsp3) is 0. The molecular formula is C10H6ClN5O. The van der Waals surface area contributed by atoms with Crippen molar-refractivity contribution in [2.24, 2.45) is 0 Å². The van der Waals surface area contributed by atoms with Crippen molar-refractivity contribution in [1.29, 1.82) is 0 Å². The smallest absolute Gasteiger partial charge is 0.248 e. The van der Waals surface area contributed by atoms with E-state index in [1.807, 2.05) is 0 Å². The lowest BCUT2D eigenvalue weighted by Crippen LogP contribution is -2.06. The van der Waals surface area contributed by atoms with Gasteiger partial charge in [-0.05, 0) is 23.7 Å². The molecule has 0 spiro atoms. The van der Waals surface area contributed by atoms with E-state index in [0.717, 1.165) is 5.39 Å². The van der Waals surface area contributed by atoms with Crippen LogP contribution in [0.1, 0.15) is 0 Å². The molecule has 3 aromatic heterocycles. The molecule has 0 aliphatic rings. The van der Waals surface area contributed by atoms with Crippen LogP contribution >= 0.6 is 11.6 Å². The Bertz CT molecular complexity index is 748. The first-order valence-corrected chi connectivity index (χ1v) is 5.17. The summed E-state index contributed by atoms with van der Waals surface area (Å²) in [5, 5.41) is 4.95. The molecule has 0 atom stereocenters. The largest absolute Gasteiger partial charge is 0.322 e. The van der Waals surface area contributed by atoms with Crippen molar-refractivity contribution in [1.82, 2.24) is 24.7 Å². The second-order valence-electron chi connectivity index (χ2n) is 3.36. The Hall–Kier alpha value is -2.21. The Kier molecular flexibility index (Phi) is 2.15. The van der Waals surface area contributed by atoms with Crippen LogP contribution in [0.5, 0.6) is 0 Å². The lowest BCUT2D eigenvalue weighted by molar-refractivity contribution is 0.854. The van der Waals surface area contributed by atoms with Crippen molar-refractivity contribution in [2.45, 2.75) is 0 Å². The molecule has 3 heterocycles. The second kappa shape index (κ2) is 3.67. The Balaban J connectivity index is 2.38. The fourth-order valence-corrected chi connectivity index (χ4v) is 1.77. The van der Waals surface area contributed by atoms with Gasteiger partial charge in [0.05, 0.1) is 5.52 Å². The number of aromatic amines is 1. The number of hydrogen-bond donors (Lipinski definition) is 1. The predicted octanol–water partition coefficient (Wildman–Crippen LogP) is 1.16. The molecule has 0 aliphatic carbocycles. The third-order valence-corrected chi connectivity index (χ3v) is 2.59. The lowest BCUT2D eigenvalue weighted by atomic mass is 10.2. The molecule has 0 saturated heterocycles. The third-order valence-electron chi connectivity index (χ3n) is 2.34. The Morgan fingerprint density at radius 3 is 2.88 bits per heavy atom. The molecule has 3 aromatic rings. The summed E-state index contributed by atoms with van der Waals surface area (Å²) >= 11 is 5.88. The van der Waals surface area contributed by atoms with Crippen molar-refractivity contribution < 1.29 is 0 Å². The summed E-state index contributed by atoms with van der Waals surface area (Å²) < 4.78 is 1.40. The van der Waals surface area contributed by atoms with Gasteiger partial charge >= 0.3 is 0 Å². The zero-order chi connectivity index (χ0) is 11.8. The molecule has 7 heteroatoms. The molecule has 0 amide bonds. The number of nitrogens with zero attached hydrogens (tertiary/aromatic N) is 4. The Labute approximate surface area is 99.9 Å². The van der Waals surface area contributed by atoms with Gasteiger partial charge in [0, 0.05) is 17.6 Å². The molecule has 0 bridgehead atoms.